The minimum Gasteiger partial charge on any atom is -0.493 e. The Labute approximate surface area is 226 Å². The summed E-state index contributed by atoms with van der Waals surface area (Å²) in [5.74, 6) is 0.316. The van der Waals surface area contributed by atoms with E-state index in [1.807, 2.05) is 48.5 Å². The Hall–Kier alpha value is -4.43. The summed E-state index contributed by atoms with van der Waals surface area (Å²) in [6.07, 6.45) is 1.42. The lowest BCUT2D eigenvalue weighted by Crippen LogP contribution is -2.13. The lowest BCUT2D eigenvalue weighted by Gasteiger charge is -2.15. The van der Waals surface area contributed by atoms with Crippen molar-refractivity contribution in [2.45, 2.75) is 6.61 Å². The Bertz CT molecular complexity index is 1570. The van der Waals surface area contributed by atoms with Crippen LogP contribution in [0.4, 0.5) is 11.4 Å². The molecule has 0 aromatic heterocycles. The van der Waals surface area contributed by atoms with Crippen molar-refractivity contribution in [3.05, 3.63) is 109 Å². The number of anilines is 1. The first-order valence-corrected chi connectivity index (χ1v) is 12.1. The monoisotopic (exact) mass is 605 g/mol. The van der Waals surface area contributed by atoms with Gasteiger partial charge in [-0.1, -0.05) is 48.5 Å². The first-order chi connectivity index (χ1) is 17.9. The Morgan fingerprint density at radius 2 is 1.86 bits per heavy atom. The third kappa shape index (κ3) is 6.05. The van der Waals surface area contributed by atoms with E-state index in [4.69, 9.17) is 9.47 Å². The van der Waals surface area contributed by atoms with E-state index in [2.05, 4.69) is 27.9 Å². The van der Waals surface area contributed by atoms with E-state index in [1.54, 1.807) is 12.1 Å². The predicted molar refractivity (Wildman–Crippen MR) is 149 cm³/mol. The van der Waals surface area contributed by atoms with Gasteiger partial charge in [-0.3, -0.25) is 14.9 Å². The fraction of sp³-hybridized carbons (Fsp3) is 0.0714. The molecule has 0 saturated heterocycles. The van der Waals surface area contributed by atoms with Gasteiger partial charge in [-0.25, -0.2) is 0 Å². The number of nitro groups is 1. The number of methoxy groups -OCH3 is 1. The summed E-state index contributed by atoms with van der Waals surface area (Å²) in [7, 11) is 1.52. The van der Waals surface area contributed by atoms with Crippen molar-refractivity contribution in [1.29, 1.82) is 5.26 Å². The van der Waals surface area contributed by atoms with E-state index in [1.165, 1.54) is 37.5 Å². The Kier molecular flexibility index (Phi) is 8.00. The molecule has 0 radical (unpaired) electrons. The number of non-ortho nitro benzene ring substituents is 1. The van der Waals surface area contributed by atoms with Crippen molar-refractivity contribution in [2.75, 3.05) is 12.4 Å². The van der Waals surface area contributed by atoms with Gasteiger partial charge in [-0.15, -0.1) is 0 Å². The minimum atomic E-state index is -0.687. The second-order valence-electron chi connectivity index (χ2n) is 7.89. The molecule has 0 unspecified atom stereocenters. The zero-order valence-electron chi connectivity index (χ0n) is 19.6. The molecule has 0 bridgehead atoms. The van der Waals surface area contributed by atoms with Crippen LogP contribution in [0, 0.1) is 25.0 Å². The fourth-order valence-electron chi connectivity index (χ4n) is 3.74. The maximum Gasteiger partial charge on any atom is 0.271 e. The van der Waals surface area contributed by atoms with Gasteiger partial charge >= 0.3 is 0 Å². The van der Waals surface area contributed by atoms with Crippen LogP contribution in [-0.4, -0.2) is 17.9 Å². The van der Waals surface area contributed by atoms with Crippen molar-refractivity contribution >= 4 is 56.7 Å². The van der Waals surface area contributed by atoms with Crippen LogP contribution in [0.1, 0.15) is 11.1 Å². The Balaban J connectivity index is 1.56. The Morgan fingerprint density at radius 3 is 2.62 bits per heavy atom. The van der Waals surface area contributed by atoms with Crippen LogP contribution in [0.15, 0.2) is 84.4 Å². The number of carbonyl (C=O) groups is 1. The number of ether oxygens (including phenoxy) is 2. The average molecular weight is 605 g/mol. The topological polar surface area (TPSA) is 114 Å². The van der Waals surface area contributed by atoms with Gasteiger partial charge in [0.2, 0.25) is 0 Å². The molecule has 0 atom stereocenters. The fourth-order valence-corrected chi connectivity index (χ4v) is 4.52. The van der Waals surface area contributed by atoms with Crippen LogP contribution < -0.4 is 14.8 Å². The SMILES string of the molecule is COc1cc(/C=C(\C#N)C(=O)Nc2cccc([N+](=O)[O-])c2)cc(I)c1OCc1cccc2ccccc12. The van der Waals surface area contributed by atoms with Crippen LogP contribution >= 0.6 is 22.6 Å². The number of carbonyl (C=O) groups excluding carboxylic acids is 1. The molecule has 8 nitrogen and oxygen atoms in total. The van der Waals surface area contributed by atoms with Gasteiger partial charge in [0.05, 0.1) is 15.6 Å². The number of fused-ring (bicyclic) bond motifs is 1. The van der Waals surface area contributed by atoms with Gasteiger partial charge in [0.1, 0.15) is 18.2 Å². The number of nitrogens with zero attached hydrogens (tertiary/aromatic N) is 2. The third-order valence-corrected chi connectivity index (χ3v) is 6.30. The molecule has 0 heterocycles. The van der Waals surface area contributed by atoms with Gasteiger partial charge in [0.25, 0.3) is 11.6 Å². The standard InChI is InChI=1S/C28H20IN3O5/c1-36-26-14-18(12-21(16-30)28(33)31-22-9-5-10-23(15-22)32(34)35)13-25(29)27(26)37-17-20-8-4-7-19-6-2-3-11-24(19)20/h2-15H,17H2,1H3,(H,31,33)/b21-12+. The zero-order chi connectivity index (χ0) is 26.4. The molecule has 4 aromatic carbocycles. The van der Waals surface area contributed by atoms with Crippen molar-refractivity contribution in [3.63, 3.8) is 0 Å². The number of nitro benzene ring substituents is 1. The molecule has 0 spiro atoms. The second-order valence-corrected chi connectivity index (χ2v) is 9.05. The predicted octanol–water partition coefficient (Wildman–Crippen LogP) is 6.49. The quantitative estimate of drug-likeness (QED) is 0.0808. The smallest absolute Gasteiger partial charge is 0.271 e. The largest absolute Gasteiger partial charge is 0.493 e. The maximum atomic E-state index is 12.7. The molecule has 0 fully saturated rings. The van der Waals surface area contributed by atoms with E-state index in [0.29, 0.717) is 23.7 Å². The number of nitriles is 1. The molecular formula is C28H20IN3O5. The number of nitrogens with one attached hydrogen (secondary N) is 1. The number of amides is 1. The van der Waals surface area contributed by atoms with Crippen LogP contribution in [-0.2, 0) is 11.4 Å². The molecular weight excluding hydrogens is 585 g/mol. The van der Waals surface area contributed by atoms with Crippen molar-refractivity contribution in [3.8, 4) is 17.6 Å². The highest BCUT2D eigenvalue weighted by Gasteiger charge is 2.16. The van der Waals surface area contributed by atoms with Crippen LogP contribution in [0.3, 0.4) is 0 Å². The molecule has 0 saturated carbocycles. The normalized spacial score (nSPS) is 11.0. The second kappa shape index (κ2) is 11.5. The molecule has 1 N–H and O–H groups in total. The number of rotatable bonds is 8. The van der Waals surface area contributed by atoms with E-state index < -0.39 is 10.8 Å². The van der Waals surface area contributed by atoms with Crippen LogP contribution in [0.5, 0.6) is 11.5 Å². The number of benzene rings is 4. The van der Waals surface area contributed by atoms with Gasteiger partial charge in [-0.05, 0) is 68.8 Å². The molecule has 184 valence electrons. The summed E-state index contributed by atoms with van der Waals surface area (Å²) in [6.45, 7) is 0.331. The van der Waals surface area contributed by atoms with E-state index in [-0.39, 0.29) is 16.9 Å². The maximum absolute atomic E-state index is 12.7. The molecule has 0 aliphatic rings. The molecule has 1 amide bonds. The summed E-state index contributed by atoms with van der Waals surface area (Å²) in [5, 5.41) is 25.3. The zero-order valence-corrected chi connectivity index (χ0v) is 21.8. The first kappa shape index (κ1) is 25.7. The van der Waals surface area contributed by atoms with Gasteiger partial charge in [0, 0.05) is 17.8 Å². The van der Waals surface area contributed by atoms with Crippen molar-refractivity contribution in [1.82, 2.24) is 0 Å². The van der Waals surface area contributed by atoms with Crippen LogP contribution in [0.25, 0.3) is 16.8 Å². The average Bonchev–Trinajstić information content (AvgIpc) is 2.90. The molecule has 4 rings (SSSR count). The number of hydrogen-bond acceptors (Lipinski definition) is 6. The van der Waals surface area contributed by atoms with E-state index >= 15 is 0 Å². The van der Waals surface area contributed by atoms with E-state index in [0.717, 1.165) is 19.9 Å². The number of hydrogen-bond donors (Lipinski definition) is 1. The number of halogens is 1. The highest BCUT2D eigenvalue weighted by atomic mass is 127. The highest BCUT2D eigenvalue weighted by Crippen LogP contribution is 2.35. The lowest BCUT2D eigenvalue weighted by atomic mass is 10.1. The van der Waals surface area contributed by atoms with E-state index in [9.17, 15) is 20.2 Å². The first-order valence-electron chi connectivity index (χ1n) is 11.0. The van der Waals surface area contributed by atoms with Crippen LogP contribution in [0.2, 0.25) is 0 Å². The molecule has 0 aliphatic carbocycles. The summed E-state index contributed by atoms with van der Waals surface area (Å²) < 4.78 is 12.4. The summed E-state index contributed by atoms with van der Waals surface area (Å²) in [4.78, 5) is 23.1. The highest BCUT2D eigenvalue weighted by molar-refractivity contribution is 14.1. The molecule has 37 heavy (non-hydrogen) atoms. The van der Waals surface area contributed by atoms with Gasteiger partial charge in [-0.2, -0.15) is 5.26 Å². The van der Waals surface area contributed by atoms with Crippen molar-refractivity contribution < 1.29 is 19.2 Å². The summed E-state index contributed by atoms with van der Waals surface area (Å²) >= 11 is 2.12. The third-order valence-electron chi connectivity index (χ3n) is 5.49. The van der Waals surface area contributed by atoms with Crippen molar-refractivity contribution in [2.24, 2.45) is 0 Å². The van der Waals surface area contributed by atoms with Gasteiger partial charge in [0.15, 0.2) is 11.5 Å². The Morgan fingerprint density at radius 1 is 1.11 bits per heavy atom. The lowest BCUT2D eigenvalue weighted by molar-refractivity contribution is -0.384. The summed E-state index contributed by atoms with van der Waals surface area (Å²) in [5.41, 5.74) is 1.46. The molecule has 0 aliphatic heterocycles. The molecule has 9 heteroatoms. The minimum absolute atomic E-state index is 0.168. The van der Waals surface area contributed by atoms with Gasteiger partial charge < -0.3 is 14.8 Å². The summed E-state index contributed by atoms with van der Waals surface area (Å²) in [6, 6.07) is 25.0. The molecule has 4 aromatic rings.